The van der Waals surface area contributed by atoms with Gasteiger partial charge >= 0.3 is 0 Å². The van der Waals surface area contributed by atoms with Crippen molar-refractivity contribution >= 4 is 11.9 Å². The zero-order valence-corrected chi connectivity index (χ0v) is 7.83. The molecule has 2 heterocycles. The van der Waals surface area contributed by atoms with E-state index in [0.717, 1.165) is 23.5 Å². The van der Waals surface area contributed by atoms with Crippen LogP contribution in [0, 0.1) is 0 Å². The van der Waals surface area contributed by atoms with Gasteiger partial charge in [0.1, 0.15) is 5.69 Å². The van der Waals surface area contributed by atoms with Crippen LogP contribution in [-0.4, -0.2) is 19.9 Å². The van der Waals surface area contributed by atoms with Gasteiger partial charge in [-0.2, -0.15) is 0 Å². The van der Waals surface area contributed by atoms with E-state index in [-0.39, 0.29) is 0 Å². The monoisotopic (exact) mass is 192 g/mol. The number of nitrogens with two attached hydrogens (primary N) is 2. The fourth-order valence-electron chi connectivity index (χ4n) is 1.37. The Labute approximate surface area is 80.8 Å². The molecule has 74 valence electrons. The highest BCUT2D eigenvalue weighted by atomic mass is 15.1. The third kappa shape index (κ3) is 1.30. The molecule has 2 aromatic rings. The Morgan fingerprint density at radius 2 is 2.07 bits per heavy atom. The van der Waals surface area contributed by atoms with Crippen LogP contribution in [0.1, 0.15) is 12.6 Å². The molecule has 0 aliphatic carbocycles. The summed E-state index contributed by atoms with van der Waals surface area (Å²) in [5.74, 6) is 0.786. The first-order valence-electron chi connectivity index (χ1n) is 4.36. The van der Waals surface area contributed by atoms with Gasteiger partial charge in [-0.15, -0.1) is 0 Å². The number of rotatable bonds is 2. The molecule has 0 aliphatic rings. The molecule has 2 rings (SSSR count). The smallest absolute Gasteiger partial charge is 0.198 e. The maximum absolute atomic E-state index is 5.57. The van der Waals surface area contributed by atoms with Crippen molar-refractivity contribution in [1.82, 2.24) is 19.9 Å². The van der Waals surface area contributed by atoms with Gasteiger partial charge < -0.3 is 21.4 Å². The molecule has 0 saturated heterocycles. The summed E-state index contributed by atoms with van der Waals surface area (Å²) in [5.41, 5.74) is 13.6. The summed E-state index contributed by atoms with van der Waals surface area (Å²) in [6, 6.07) is 0. The highest BCUT2D eigenvalue weighted by Crippen LogP contribution is 2.21. The minimum Gasteiger partial charge on any atom is -0.369 e. The second-order valence-electron chi connectivity index (χ2n) is 2.98. The van der Waals surface area contributed by atoms with E-state index in [4.69, 9.17) is 11.5 Å². The lowest BCUT2D eigenvalue weighted by Crippen LogP contribution is -1.88. The van der Waals surface area contributed by atoms with Crippen LogP contribution in [0.5, 0.6) is 0 Å². The first-order valence-corrected chi connectivity index (χ1v) is 4.36. The summed E-state index contributed by atoms with van der Waals surface area (Å²) >= 11 is 0. The van der Waals surface area contributed by atoms with E-state index in [1.165, 1.54) is 0 Å². The van der Waals surface area contributed by atoms with Crippen molar-refractivity contribution in [3.05, 3.63) is 11.9 Å². The van der Waals surface area contributed by atoms with Crippen LogP contribution in [-0.2, 0) is 6.42 Å². The van der Waals surface area contributed by atoms with Gasteiger partial charge in [-0.25, -0.2) is 9.97 Å². The Bertz CT molecular complexity index is 440. The maximum atomic E-state index is 5.57. The standard InChI is InChI=1S/C8H12N6/c1-2-4-6(14-8(10)12-4)5-3-11-7(9)13-5/h3H,2H2,1H3,(H3,9,11,13)(H3,10,12,14). The van der Waals surface area contributed by atoms with Crippen molar-refractivity contribution in [1.29, 1.82) is 0 Å². The lowest BCUT2D eigenvalue weighted by Gasteiger charge is -1.94. The van der Waals surface area contributed by atoms with Gasteiger partial charge in [0.05, 0.1) is 11.9 Å². The van der Waals surface area contributed by atoms with Crippen LogP contribution in [0.4, 0.5) is 11.9 Å². The van der Waals surface area contributed by atoms with Crippen molar-refractivity contribution in [2.45, 2.75) is 13.3 Å². The van der Waals surface area contributed by atoms with Gasteiger partial charge in [0.2, 0.25) is 0 Å². The Hall–Kier alpha value is -1.98. The number of hydrogen-bond acceptors (Lipinski definition) is 4. The molecule has 2 aromatic heterocycles. The third-order valence-electron chi connectivity index (χ3n) is 2.00. The summed E-state index contributed by atoms with van der Waals surface area (Å²) in [5, 5.41) is 0. The molecule has 0 radical (unpaired) electrons. The Balaban J connectivity index is 2.49. The zero-order chi connectivity index (χ0) is 10.1. The van der Waals surface area contributed by atoms with Crippen molar-refractivity contribution in [2.75, 3.05) is 11.5 Å². The van der Waals surface area contributed by atoms with E-state index in [9.17, 15) is 0 Å². The normalized spacial score (nSPS) is 10.6. The predicted octanol–water partition coefficient (Wildman–Crippen LogP) is 0.527. The second-order valence-corrected chi connectivity index (χ2v) is 2.98. The number of H-pyrrole nitrogens is 2. The predicted molar refractivity (Wildman–Crippen MR) is 54.4 cm³/mol. The van der Waals surface area contributed by atoms with Crippen molar-refractivity contribution in [3.63, 3.8) is 0 Å². The summed E-state index contributed by atoms with van der Waals surface area (Å²) in [7, 11) is 0. The van der Waals surface area contributed by atoms with E-state index in [0.29, 0.717) is 11.9 Å². The van der Waals surface area contributed by atoms with E-state index in [1.54, 1.807) is 6.20 Å². The largest absolute Gasteiger partial charge is 0.369 e. The zero-order valence-electron chi connectivity index (χ0n) is 7.83. The lowest BCUT2D eigenvalue weighted by molar-refractivity contribution is 1.07. The molecule has 0 amide bonds. The van der Waals surface area contributed by atoms with Gasteiger partial charge in [-0.05, 0) is 6.42 Å². The van der Waals surface area contributed by atoms with Gasteiger partial charge in [-0.3, -0.25) is 0 Å². The average molecular weight is 192 g/mol. The lowest BCUT2D eigenvalue weighted by atomic mass is 10.2. The minimum absolute atomic E-state index is 0.378. The first-order chi connectivity index (χ1) is 6.70. The average Bonchev–Trinajstić information content (AvgIpc) is 2.71. The summed E-state index contributed by atoms with van der Waals surface area (Å²) in [6.07, 6.45) is 2.47. The van der Waals surface area contributed by atoms with E-state index in [2.05, 4.69) is 19.9 Å². The number of nitrogens with zero attached hydrogens (tertiary/aromatic N) is 2. The maximum Gasteiger partial charge on any atom is 0.198 e. The third-order valence-corrected chi connectivity index (χ3v) is 2.00. The number of nitrogens with one attached hydrogen (secondary N) is 2. The Morgan fingerprint density at radius 3 is 2.64 bits per heavy atom. The molecule has 0 fully saturated rings. The number of aromatic amines is 2. The van der Waals surface area contributed by atoms with Crippen LogP contribution < -0.4 is 11.5 Å². The number of aryl methyl sites for hydroxylation is 1. The minimum atomic E-state index is 0.378. The Kier molecular flexibility index (Phi) is 1.88. The molecule has 6 heteroatoms. The number of aromatic nitrogens is 4. The van der Waals surface area contributed by atoms with Gasteiger partial charge in [0.15, 0.2) is 11.9 Å². The topological polar surface area (TPSA) is 109 Å². The van der Waals surface area contributed by atoms with Crippen LogP contribution in [0.25, 0.3) is 11.4 Å². The number of anilines is 2. The number of hydrogen-bond donors (Lipinski definition) is 4. The summed E-state index contributed by atoms with van der Waals surface area (Å²) in [6.45, 7) is 2.02. The second kappa shape index (κ2) is 3.06. The van der Waals surface area contributed by atoms with Gasteiger partial charge in [-0.1, -0.05) is 6.92 Å². The van der Waals surface area contributed by atoms with Crippen molar-refractivity contribution in [2.24, 2.45) is 0 Å². The first kappa shape index (κ1) is 8.61. The number of imidazole rings is 2. The molecule has 0 unspecified atom stereocenters. The SMILES string of the molecule is CCc1[nH]c(N)nc1-c1cnc(N)[nH]1. The molecule has 6 nitrogen and oxygen atoms in total. The molecular formula is C8H12N6. The van der Waals surface area contributed by atoms with Gasteiger partial charge in [0.25, 0.3) is 0 Å². The Morgan fingerprint density at radius 1 is 1.29 bits per heavy atom. The molecule has 0 saturated carbocycles. The fraction of sp³-hybridized carbons (Fsp3) is 0.250. The summed E-state index contributed by atoms with van der Waals surface area (Å²) in [4.78, 5) is 14.0. The molecule has 6 N–H and O–H groups in total. The molecular weight excluding hydrogens is 180 g/mol. The molecule has 14 heavy (non-hydrogen) atoms. The van der Waals surface area contributed by atoms with E-state index < -0.39 is 0 Å². The molecule has 0 spiro atoms. The molecule has 0 aromatic carbocycles. The highest BCUT2D eigenvalue weighted by molar-refractivity contribution is 5.60. The van der Waals surface area contributed by atoms with Crippen LogP contribution in [0.3, 0.4) is 0 Å². The van der Waals surface area contributed by atoms with Crippen LogP contribution >= 0.6 is 0 Å². The molecule has 0 aliphatic heterocycles. The number of nitrogen functional groups attached to an aromatic ring is 2. The van der Waals surface area contributed by atoms with Crippen LogP contribution in [0.15, 0.2) is 6.20 Å². The highest BCUT2D eigenvalue weighted by Gasteiger charge is 2.10. The quantitative estimate of drug-likeness (QED) is 0.556. The van der Waals surface area contributed by atoms with Gasteiger partial charge in [0, 0.05) is 5.69 Å². The fourth-order valence-corrected chi connectivity index (χ4v) is 1.37. The van der Waals surface area contributed by atoms with Crippen LogP contribution in [0.2, 0.25) is 0 Å². The molecule has 0 bridgehead atoms. The summed E-state index contributed by atoms with van der Waals surface area (Å²) < 4.78 is 0. The van der Waals surface area contributed by atoms with Crippen molar-refractivity contribution < 1.29 is 0 Å². The van der Waals surface area contributed by atoms with Crippen molar-refractivity contribution in [3.8, 4) is 11.4 Å². The van der Waals surface area contributed by atoms with E-state index >= 15 is 0 Å². The molecule has 0 atom stereocenters. The van der Waals surface area contributed by atoms with E-state index in [1.807, 2.05) is 6.92 Å².